The number of rotatable bonds is 4. The molecule has 1 N–H and O–H groups in total. The molecule has 18 heavy (non-hydrogen) atoms. The molecule has 2 rings (SSSR count). The highest BCUT2D eigenvalue weighted by Gasteiger charge is 2.10. The molecular weight excluding hydrogens is 227 g/mol. The van der Waals surface area contributed by atoms with Gasteiger partial charge < -0.3 is 5.32 Å². The summed E-state index contributed by atoms with van der Waals surface area (Å²) in [6, 6.07) is 7.13. The van der Waals surface area contributed by atoms with Gasteiger partial charge in [-0.05, 0) is 24.5 Å². The number of anilines is 1. The van der Waals surface area contributed by atoms with E-state index in [-0.39, 0.29) is 11.7 Å². The van der Waals surface area contributed by atoms with Crippen molar-refractivity contribution in [2.75, 3.05) is 11.9 Å². The summed E-state index contributed by atoms with van der Waals surface area (Å²) in [6.07, 6.45) is 1.04. The Labute approximate surface area is 107 Å². The lowest BCUT2D eigenvalue weighted by Gasteiger charge is -2.13. The summed E-state index contributed by atoms with van der Waals surface area (Å²) in [5.41, 5.74) is 2.36. The van der Waals surface area contributed by atoms with E-state index < -0.39 is 0 Å². The number of hydrogen-bond donors (Lipinski definition) is 1. The Hall–Kier alpha value is -1.64. The van der Waals surface area contributed by atoms with Crippen LogP contribution in [0.3, 0.4) is 0 Å². The van der Waals surface area contributed by atoms with Crippen LogP contribution in [0.1, 0.15) is 38.8 Å². The summed E-state index contributed by atoms with van der Waals surface area (Å²) < 4.78 is 13.8. The summed E-state index contributed by atoms with van der Waals surface area (Å²) in [7, 11) is 0. The van der Waals surface area contributed by atoms with Crippen molar-refractivity contribution >= 4 is 16.6 Å². The summed E-state index contributed by atoms with van der Waals surface area (Å²) in [4.78, 5) is 4.43. The summed E-state index contributed by atoms with van der Waals surface area (Å²) in [6.45, 7) is 7.13. The van der Waals surface area contributed by atoms with Crippen molar-refractivity contribution in [1.82, 2.24) is 4.98 Å². The normalized spacial score (nSPS) is 11.2. The first kappa shape index (κ1) is 12.8. The number of fused-ring (bicyclic) bond motifs is 1. The zero-order valence-electron chi connectivity index (χ0n) is 11.1. The van der Waals surface area contributed by atoms with Crippen LogP contribution in [0.2, 0.25) is 0 Å². The van der Waals surface area contributed by atoms with Gasteiger partial charge in [0, 0.05) is 23.3 Å². The van der Waals surface area contributed by atoms with Gasteiger partial charge in [-0.15, -0.1) is 0 Å². The monoisotopic (exact) mass is 246 g/mol. The molecule has 0 saturated heterocycles. The van der Waals surface area contributed by atoms with Crippen LogP contribution in [-0.4, -0.2) is 11.5 Å². The fourth-order valence-corrected chi connectivity index (χ4v) is 1.94. The third-order valence-electron chi connectivity index (χ3n) is 2.97. The largest absolute Gasteiger partial charge is 0.384 e. The van der Waals surface area contributed by atoms with Gasteiger partial charge in [-0.3, -0.25) is 0 Å². The molecular formula is C15H19FN2. The van der Waals surface area contributed by atoms with Gasteiger partial charge in [0.15, 0.2) is 0 Å². The van der Waals surface area contributed by atoms with Crippen molar-refractivity contribution in [3.05, 3.63) is 35.8 Å². The van der Waals surface area contributed by atoms with Crippen molar-refractivity contribution in [3.63, 3.8) is 0 Å². The first-order valence-electron chi connectivity index (χ1n) is 6.46. The number of aromatic nitrogens is 1. The van der Waals surface area contributed by atoms with E-state index in [9.17, 15) is 4.39 Å². The van der Waals surface area contributed by atoms with E-state index in [1.165, 1.54) is 6.07 Å². The standard InChI is InChI=1S/C15H19FN2/c1-4-8-17-14-9-13(10(2)3)18-15-11(14)6-5-7-12(15)16/h5-7,9-10H,4,8H2,1-3H3,(H,17,18). The summed E-state index contributed by atoms with van der Waals surface area (Å²) in [5.74, 6) is 0.0331. The SMILES string of the molecule is CCCNc1cc(C(C)C)nc2c(F)cccc12. The minimum Gasteiger partial charge on any atom is -0.384 e. The molecule has 0 radical (unpaired) electrons. The van der Waals surface area contributed by atoms with E-state index in [4.69, 9.17) is 0 Å². The fraction of sp³-hybridized carbons (Fsp3) is 0.400. The Morgan fingerprint density at radius 2 is 2.11 bits per heavy atom. The van der Waals surface area contributed by atoms with Gasteiger partial charge in [-0.2, -0.15) is 0 Å². The quantitative estimate of drug-likeness (QED) is 0.869. The highest BCUT2D eigenvalue weighted by molar-refractivity contribution is 5.91. The number of benzene rings is 1. The number of pyridine rings is 1. The van der Waals surface area contributed by atoms with Gasteiger partial charge >= 0.3 is 0 Å². The number of nitrogens with one attached hydrogen (secondary N) is 1. The van der Waals surface area contributed by atoms with E-state index in [2.05, 4.69) is 31.1 Å². The van der Waals surface area contributed by atoms with Gasteiger partial charge in [0.1, 0.15) is 11.3 Å². The number of hydrogen-bond acceptors (Lipinski definition) is 2. The molecule has 1 aromatic heterocycles. The van der Waals surface area contributed by atoms with E-state index >= 15 is 0 Å². The maximum Gasteiger partial charge on any atom is 0.149 e. The van der Waals surface area contributed by atoms with Crippen molar-refractivity contribution in [2.45, 2.75) is 33.1 Å². The number of para-hydroxylation sites is 1. The first-order valence-corrected chi connectivity index (χ1v) is 6.46. The smallest absolute Gasteiger partial charge is 0.149 e. The molecule has 0 aliphatic rings. The molecule has 0 bridgehead atoms. The van der Waals surface area contributed by atoms with Gasteiger partial charge in [0.25, 0.3) is 0 Å². The van der Waals surface area contributed by atoms with Gasteiger partial charge in [0.2, 0.25) is 0 Å². The van der Waals surface area contributed by atoms with Crippen molar-refractivity contribution in [3.8, 4) is 0 Å². The zero-order chi connectivity index (χ0) is 13.1. The van der Waals surface area contributed by atoms with E-state index in [1.807, 2.05) is 12.1 Å². The van der Waals surface area contributed by atoms with Crippen LogP contribution in [0.4, 0.5) is 10.1 Å². The highest BCUT2D eigenvalue weighted by Crippen LogP contribution is 2.27. The third-order valence-corrected chi connectivity index (χ3v) is 2.97. The van der Waals surface area contributed by atoms with Crippen LogP contribution in [0.25, 0.3) is 10.9 Å². The van der Waals surface area contributed by atoms with Gasteiger partial charge in [0.05, 0.1) is 0 Å². The van der Waals surface area contributed by atoms with Crippen LogP contribution in [-0.2, 0) is 0 Å². The predicted octanol–water partition coefficient (Wildman–Crippen LogP) is 4.32. The Morgan fingerprint density at radius 1 is 1.33 bits per heavy atom. The molecule has 96 valence electrons. The predicted molar refractivity (Wildman–Crippen MR) is 74.6 cm³/mol. The lowest BCUT2D eigenvalue weighted by molar-refractivity contribution is 0.635. The number of halogens is 1. The molecule has 3 heteroatoms. The van der Waals surface area contributed by atoms with Crippen LogP contribution >= 0.6 is 0 Å². The second-order valence-electron chi connectivity index (χ2n) is 4.81. The van der Waals surface area contributed by atoms with Gasteiger partial charge in [-0.25, -0.2) is 9.37 Å². The molecule has 0 spiro atoms. The summed E-state index contributed by atoms with van der Waals surface area (Å²) in [5, 5.41) is 4.21. The summed E-state index contributed by atoms with van der Waals surface area (Å²) >= 11 is 0. The highest BCUT2D eigenvalue weighted by atomic mass is 19.1. The fourth-order valence-electron chi connectivity index (χ4n) is 1.94. The van der Waals surface area contributed by atoms with Crippen LogP contribution in [0.15, 0.2) is 24.3 Å². The molecule has 0 amide bonds. The number of nitrogens with zero attached hydrogens (tertiary/aromatic N) is 1. The average molecular weight is 246 g/mol. The molecule has 0 aliphatic carbocycles. The minimum atomic E-state index is -0.255. The Balaban J connectivity index is 2.61. The Morgan fingerprint density at radius 3 is 2.78 bits per heavy atom. The molecule has 0 aliphatic heterocycles. The second-order valence-corrected chi connectivity index (χ2v) is 4.81. The van der Waals surface area contributed by atoms with Crippen molar-refractivity contribution in [1.29, 1.82) is 0 Å². The molecule has 0 fully saturated rings. The molecule has 0 saturated carbocycles. The molecule has 2 nitrogen and oxygen atoms in total. The van der Waals surface area contributed by atoms with Crippen LogP contribution in [0, 0.1) is 5.82 Å². The van der Waals surface area contributed by atoms with Crippen LogP contribution in [0.5, 0.6) is 0 Å². The maximum atomic E-state index is 13.8. The molecule has 0 unspecified atom stereocenters. The van der Waals surface area contributed by atoms with E-state index in [0.29, 0.717) is 5.52 Å². The second kappa shape index (κ2) is 5.34. The Kier molecular flexibility index (Phi) is 3.80. The maximum absolute atomic E-state index is 13.8. The Bertz CT molecular complexity index is 549. The molecule has 0 atom stereocenters. The first-order chi connectivity index (χ1) is 8.63. The lowest BCUT2D eigenvalue weighted by Crippen LogP contribution is -2.04. The van der Waals surface area contributed by atoms with E-state index in [0.717, 1.165) is 29.7 Å². The van der Waals surface area contributed by atoms with Crippen molar-refractivity contribution < 1.29 is 4.39 Å². The molecule has 1 heterocycles. The van der Waals surface area contributed by atoms with E-state index in [1.54, 1.807) is 6.07 Å². The third kappa shape index (κ3) is 2.45. The zero-order valence-corrected chi connectivity index (χ0v) is 11.1. The van der Waals surface area contributed by atoms with Crippen molar-refractivity contribution in [2.24, 2.45) is 0 Å². The topological polar surface area (TPSA) is 24.9 Å². The molecule has 2 aromatic rings. The average Bonchev–Trinajstić information content (AvgIpc) is 2.36. The minimum absolute atomic E-state index is 0.255. The van der Waals surface area contributed by atoms with Crippen LogP contribution < -0.4 is 5.32 Å². The van der Waals surface area contributed by atoms with Gasteiger partial charge in [-0.1, -0.05) is 32.9 Å². The molecule has 1 aromatic carbocycles. The lowest BCUT2D eigenvalue weighted by atomic mass is 10.1.